The van der Waals surface area contributed by atoms with Crippen molar-refractivity contribution in [2.45, 2.75) is 69.1 Å². The third-order valence-corrected chi connectivity index (χ3v) is 9.39. The molecule has 10 heteroatoms. The van der Waals surface area contributed by atoms with Gasteiger partial charge in [0.1, 0.15) is 24.1 Å². The lowest BCUT2D eigenvalue weighted by Gasteiger charge is -2.37. The molecule has 0 saturated carbocycles. The highest BCUT2D eigenvalue weighted by Gasteiger charge is 2.62. The van der Waals surface area contributed by atoms with Crippen molar-refractivity contribution in [3.8, 4) is 16.9 Å². The first kappa shape index (κ1) is 29.6. The fourth-order valence-corrected chi connectivity index (χ4v) is 6.96. The number of likely N-dealkylation sites (N-methyl/N-ethyl adjacent to an activating group) is 1. The Morgan fingerprint density at radius 1 is 1.02 bits per heavy atom. The lowest BCUT2D eigenvalue weighted by Crippen LogP contribution is -2.48. The summed E-state index contributed by atoms with van der Waals surface area (Å²) in [5, 5.41) is 15.4. The Balaban J connectivity index is 1.07. The minimum Gasteiger partial charge on any atom is -0.496 e. The number of aryl methyl sites for hydroxylation is 1. The molecule has 0 radical (unpaired) electrons. The number of fused-ring (bicyclic) bond motifs is 5. The third-order valence-electron chi connectivity index (χ3n) is 8.74. The van der Waals surface area contributed by atoms with Gasteiger partial charge in [0.2, 0.25) is 5.91 Å². The zero-order valence-corrected chi connectivity index (χ0v) is 25.8. The molecule has 0 aromatic heterocycles. The molecular weight excluding hydrogens is 614 g/mol. The van der Waals surface area contributed by atoms with Gasteiger partial charge < -0.3 is 24.6 Å². The number of amides is 2. The van der Waals surface area contributed by atoms with Crippen LogP contribution in [0.1, 0.15) is 36.8 Å². The van der Waals surface area contributed by atoms with Crippen molar-refractivity contribution < 1.29 is 28.9 Å². The first-order chi connectivity index (χ1) is 20.8. The van der Waals surface area contributed by atoms with Crippen molar-refractivity contribution in [1.29, 1.82) is 0 Å². The predicted octanol–water partition coefficient (Wildman–Crippen LogP) is 5.74. The Morgan fingerprint density at radius 3 is 2.47 bits per heavy atom. The number of rotatable bonds is 10. The van der Waals surface area contributed by atoms with Crippen LogP contribution >= 0.6 is 15.9 Å². The van der Waals surface area contributed by atoms with E-state index in [0.717, 1.165) is 29.5 Å². The molecule has 3 heterocycles. The number of carbonyl (C=O) groups excluding carboxylic acids is 2. The second-order valence-electron chi connectivity index (χ2n) is 11.4. The number of nitrogens with one attached hydrogen (secondary N) is 2. The molecule has 226 valence electrons. The summed E-state index contributed by atoms with van der Waals surface area (Å²) in [7, 11) is 3.66. The van der Waals surface area contributed by atoms with Crippen LogP contribution in [0.4, 0.5) is 16.2 Å². The van der Waals surface area contributed by atoms with Crippen molar-refractivity contribution in [3.63, 3.8) is 0 Å². The number of aliphatic hydroxyl groups excluding tert-OH is 1. The monoisotopic (exact) mass is 649 g/mol. The van der Waals surface area contributed by atoms with Crippen molar-refractivity contribution in [2.75, 3.05) is 24.8 Å². The van der Waals surface area contributed by atoms with Gasteiger partial charge in [-0.15, -0.1) is 0 Å². The number of ether oxygens (including phenoxy) is 3. The molecule has 3 fully saturated rings. The van der Waals surface area contributed by atoms with E-state index in [1.165, 1.54) is 7.11 Å². The zero-order chi connectivity index (χ0) is 30.1. The number of epoxide rings is 1. The highest BCUT2D eigenvalue weighted by atomic mass is 79.9. The molecule has 3 aliphatic rings. The highest BCUT2D eigenvalue weighted by Crippen LogP contribution is 2.48. The standard InChI is InChI=1S/C33H36BrN3O6/c1-37-27-15-22(16-28(37)32-31(27)43-32)42-33(40)36-25-12-11-19(13-23(25)20-8-4-3-5-9-20)7-6-10-30(39)35-26-17-29(41-2)21(18-38)14-24(26)34/h3-5,8-9,11-14,17,22,27-28,31-32,38H,6-7,10,15-16,18H2,1-2H3,(H,35,39)(H,36,40)/t22-,27-,28-,31-,32+/m0/s1. The number of morpholine rings is 1. The van der Waals surface area contributed by atoms with Crippen molar-refractivity contribution in [2.24, 2.45) is 0 Å². The molecule has 3 saturated heterocycles. The molecule has 0 spiro atoms. The Labute approximate surface area is 259 Å². The number of piperidine rings is 1. The van der Waals surface area contributed by atoms with E-state index in [0.29, 0.717) is 70.7 Å². The summed E-state index contributed by atoms with van der Waals surface area (Å²) in [6.45, 7) is -0.160. The van der Waals surface area contributed by atoms with Crippen LogP contribution in [0, 0.1) is 0 Å². The van der Waals surface area contributed by atoms with Crippen LogP contribution in [0.15, 0.2) is 65.1 Å². The summed E-state index contributed by atoms with van der Waals surface area (Å²) in [5.74, 6) is 0.395. The second-order valence-corrected chi connectivity index (χ2v) is 12.3. The van der Waals surface area contributed by atoms with Gasteiger partial charge in [-0.3, -0.25) is 15.0 Å². The molecule has 9 nitrogen and oxygen atoms in total. The number of aliphatic hydroxyl groups is 1. The zero-order valence-electron chi connectivity index (χ0n) is 24.2. The van der Waals surface area contributed by atoms with Gasteiger partial charge in [0, 0.05) is 53.0 Å². The maximum Gasteiger partial charge on any atom is 0.411 e. The van der Waals surface area contributed by atoms with E-state index in [1.807, 2.05) is 42.5 Å². The molecule has 43 heavy (non-hydrogen) atoms. The molecule has 5 atom stereocenters. The first-order valence-corrected chi connectivity index (χ1v) is 15.4. The van der Waals surface area contributed by atoms with Gasteiger partial charge in [-0.05, 0) is 65.1 Å². The molecule has 2 bridgehead atoms. The van der Waals surface area contributed by atoms with Crippen LogP contribution in [0.3, 0.4) is 0 Å². The summed E-state index contributed by atoms with van der Waals surface area (Å²) >= 11 is 3.45. The van der Waals surface area contributed by atoms with E-state index in [1.54, 1.807) is 12.1 Å². The van der Waals surface area contributed by atoms with Gasteiger partial charge >= 0.3 is 6.09 Å². The summed E-state index contributed by atoms with van der Waals surface area (Å²) in [4.78, 5) is 28.1. The van der Waals surface area contributed by atoms with Crippen molar-refractivity contribution >= 4 is 39.3 Å². The number of hydrogen-bond acceptors (Lipinski definition) is 7. The van der Waals surface area contributed by atoms with E-state index in [4.69, 9.17) is 14.2 Å². The number of hydrogen-bond donors (Lipinski definition) is 3. The first-order valence-electron chi connectivity index (χ1n) is 14.6. The molecule has 0 unspecified atom stereocenters. The number of nitrogens with zero attached hydrogens (tertiary/aromatic N) is 1. The van der Waals surface area contributed by atoms with Gasteiger partial charge in [-0.2, -0.15) is 0 Å². The Bertz CT molecular complexity index is 1480. The third kappa shape index (κ3) is 6.43. The topological polar surface area (TPSA) is 113 Å². The average molecular weight is 651 g/mol. The lowest BCUT2D eigenvalue weighted by molar-refractivity contribution is -0.116. The summed E-state index contributed by atoms with van der Waals surface area (Å²) in [6.07, 6.45) is 3.25. The van der Waals surface area contributed by atoms with Gasteiger partial charge in [0.15, 0.2) is 0 Å². The molecule has 3 aliphatic heterocycles. The number of anilines is 2. The van der Waals surface area contributed by atoms with Crippen molar-refractivity contribution in [3.05, 3.63) is 76.3 Å². The molecule has 3 aromatic carbocycles. The summed E-state index contributed by atoms with van der Waals surface area (Å²) < 4.78 is 17.7. The number of carbonyl (C=O) groups is 2. The Morgan fingerprint density at radius 2 is 1.77 bits per heavy atom. The number of benzene rings is 3. The van der Waals surface area contributed by atoms with Crippen LogP contribution in [-0.2, 0) is 27.3 Å². The molecule has 2 amide bonds. The van der Waals surface area contributed by atoms with Gasteiger partial charge in [-0.25, -0.2) is 4.79 Å². The molecular formula is C33H36BrN3O6. The quantitative estimate of drug-likeness (QED) is 0.240. The van der Waals surface area contributed by atoms with Crippen LogP contribution < -0.4 is 15.4 Å². The minimum absolute atomic E-state index is 0.116. The predicted molar refractivity (Wildman–Crippen MR) is 167 cm³/mol. The van der Waals surface area contributed by atoms with Crippen molar-refractivity contribution in [1.82, 2.24) is 4.90 Å². The SMILES string of the molecule is COc1cc(NC(=O)CCCc2ccc(NC(=O)O[C@H]3C[C@H]4[C@@H]5O[C@@H]5[C@H](C3)N4C)c(-c3ccccc3)c2)c(Br)cc1CO. The Kier molecular flexibility index (Phi) is 8.72. The van der Waals surface area contributed by atoms with Crippen LogP contribution in [0.25, 0.3) is 11.1 Å². The summed E-state index contributed by atoms with van der Waals surface area (Å²) in [5.41, 5.74) is 4.85. The fourth-order valence-electron chi connectivity index (χ4n) is 6.47. The molecule has 3 aromatic rings. The maximum absolute atomic E-state index is 13.0. The maximum atomic E-state index is 13.0. The van der Waals surface area contributed by atoms with E-state index < -0.39 is 6.09 Å². The number of methoxy groups -OCH3 is 1. The van der Waals surface area contributed by atoms with Gasteiger partial charge in [0.25, 0.3) is 0 Å². The largest absolute Gasteiger partial charge is 0.496 e. The van der Waals surface area contributed by atoms with E-state index in [-0.39, 0.29) is 18.6 Å². The van der Waals surface area contributed by atoms with E-state index >= 15 is 0 Å². The minimum atomic E-state index is -0.444. The van der Waals surface area contributed by atoms with E-state index in [2.05, 4.69) is 44.6 Å². The average Bonchev–Trinajstić information content (AvgIpc) is 3.77. The van der Waals surface area contributed by atoms with Crippen LogP contribution in [0.2, 0.25) is 0 Å². The van der Waals surface area contributed by atoms with Crippen LogP contribution in [0.5, 0.6) is 5.75 Å². The van der Waals surface area contributed by atoms with E-state index in [9.17, 15) is 14.7 Å². The normalized spacial score (nSPS) is 23.8. The van der Waals surface area contributed by atoms with Gasteiger partial charge in [-0.1, -0.05) is 36.4 Å². The number of halogens is 1. The molecule has 6 rings (SSSR count). The smallest absolute Gasteiger partial charge is 0.411 e. The Hall–Kier alpha value is -3.44. The van der Waals surface area contributed by atoms with Crippen LogP contribution in [-0.4, -0.2) is 66.6 Å². The summed E-state index contributed by atoms with van der Waals surface area (Å²) in [6, 6.07) is 20.0. The van der Waals surface area contributed by atoms with Gasteiger partial charge in [0.05, 0.1) is 25.1 Å². The highest BCUT2D eigenvalue weighted by molar-refractivity contribution is 9.10. The molecule has 3 N–H and O–H groups in total. The fraction of sp³-hybridized carbons (Fsp3) is 0.394. The lowest BCUT2D eigenvalue weighted by atomic mass is 9.98. The second kappa shape index (κ2) is 12.7. The molecule has 0 aliphatic carbocycles.